The van der Waals surface area contributed by atoms with Gasteiger partial charge in [-0.1, -0.05) is 188 Å². The minimum absolute atomic E-state index is 1.23. The van der Waals surface area contributed by atoms with Crippen molar-refractivity contribution in [1.29, 1.82) is 0 Å². The Hall–Kier alpha value is -0.790. The summed E-state index contributed by atoms with van der Waals surface area (Å²) in [5, 5.41) is 0. The third-order valence-corrected chi connectivity index (χ3v) is 9.60. The Morgan fingerprint density at radius 3 is 1.14 bits per heavy atom. The molecule has 0 radical (unpaired) electrons. The Labute approximate surface area is 266 Å². The number of hydrogen-bond acceptors (Lipinski definition) is 0. The summed E-state index contributed by atoms with van der Waals surface area (Å²) in [5.74, 6) is 1.62. The molecule has 0 saturated heterocycles. The average Bonchev–Trinajstić information content (AvgIpc) is 3.38. The van der Waals surface area contributed by atoms with Crippen molar-refractivity contribution >= 4 is 0 Å². The van der Waals surface area contributed by atoms with Crippen molar-refractivity contribution in [1.82, 2.24) is 4.57 Å². The molecule has 248 valence electrons. The van der Waals surface area contributed by atoms with Crippen LogP contribution >= 0.6 is 0 Å². The first kappa shape index (κ1) is 39.2. The smallest absolute Gasteiger partial charge is 0.234 e. The first-order valence-corrected chi connectivity index (χ1v) is 19.9. The molecule has 2 nitrogen and oxygen atoms in total. The first-order valence-electron chi connectivity index (χ1n) is 19.9. The second kappa shape index (κ2) is 31.6. The van der Waals surface area contributed by atoms with Crippen LogP contribution in [0.3, 0.4) is 0 Å². The molecular formula is C40H79N2+. The molecule has 0 fully saturated rings. The minimum Gasteiger partial charge on any atom is -0.234 e. The van der Waals surface area contributed by atoms with Gasteiger partial charge < -0.3 is 0 Å². The Morgan fingerprint density at radius 1 is 0.405 bits per heavy atom. The quantitative estimate of drug-likeness (QED) is 0.0560. The summed E-state index contributed by atoms with van der Waals surface area (Å²) in [6.45, 7) is 9.40. The highest BCUT2D eigenvalue weighted by molar-refractivity contribution is 4.84. The van der Waals surface area contributed by atoms with Crippen molar-refractivity contribution in [2.75, 3.05) is 0 Å². The maximum atomic E-state index is 2.63. The first-order chi connectivity index (χ1) is 20.8. The van der Waals surface area contributed by atoms with Crippen LogP contribution < -0.4 is 4.57 Å². The lowest BCUT2D eigenvalue weighted by Gasteiger charge is -2.07. The molecule has 0 amide bonds. The zero-order valence-corrected chi connectivity index (χ0v) is 29.6. The summed E-state index contributed by atoms with van der Waals surface area (Å²) in [5.41, 5.74) is 0. The summed E-state index contributed by atoms with van der Waals surface area (Å²) < 4.78 is 5.26. The highest BCUT2D eigenvalue weighted by Gasteiger charge is 2.16. The van der Waals surface area contributed by atoms with E-state index in [1.165, 1.54) is 219 Å². The molecule has 0 saturated carbocycles. The Morgan fingerprint density at radius 2 is 0.738 bits per heavy atom. The zero-order valence-electron chi connectivity index (χ0n) is 29.6. The molecule has 0 aliphatic carbocycles. The molecule has 0 aromatic carbocycles. The Balaban J connectivity index is 2.24. The van der Waals surface area contributed by atoms with E-state index < -0.39 is 0 Å². The average molecular weight is 588 g/mol. The predicted molar refractivity (Wildman–Crippen MR) is 188 cm³/mol. The van der Waals surface area contributed by atoms with Crippen LogP contribution in [0.15, 0.2) is 12.4 Å². The third-order valence-electron chi connectivity index (χ3n) is 9.60. The molecule has 0 bridgehead atoms. The Kier molecular flexibility index (Phi) is 29.5. The number of unbranched alkanes of at least 4 members (excludes halogenated alkanes) is 28. The molecule has 0 spiro atoms. The highest BCUT2D eigenvalue weighted by atomic mass is 15.1. The largest absolute Gasteiger partial charge is 0.256 e. The van der Waals surface area contributed by atoms with Gasteiger partial charge in [-0.25, -0.2) is 9.13 Å². The van der Waals surface area contributed by atoms with Gasteiger partial charge in [-0.15, -0.1) is 0 Å². The predicted octanol–water partition coefficient (Wildman–Crippen LogP) is 13.5. The standard InChI is InChI=1S/C40H79N2/c1-4-7-10-13-16-18-19-20-21-22-23-25-28-31-34-37-42-39-38-41(36-33-30-27-15-12-9-6-3)40(42)35-32-29-26-24-17-14-11-8-5-2/h38-39H,4-37H2,1-3H3/q+1. The normalized spacial score (nSPS) is 11.6. The topological polar surface area (TPSA) is 8.81 Å². The molecule has 0 aliphatic rings. The molecule has 1 aromatic heterocycles. The fourth-order valence-corrected chi connectivity index (χ4v) is 6.68. The van der Waals surface area contributed by atoms with E-state index in [1.807, 2.05) is 0 Å². The van der Waals surface area contributed by atoms with Crippen molar-refractivity contribution in [3.63, 3.8) is 0 Å². The maximum Gasteiger partial charge on any atom is 0.256 e. The lowest BCUT2D eigenvalue weighted by Crippen LogP contribution is -2.37. The van der Waals surface area contributed by atoms with Crippen LogP contribution in [-0.4, -0.2) is 4.57 Å². The summed E-state index contributed by atoms with van der Waals surface area (Å²) in [6.07, 6.45) is 50.4. The van der Waals surface area contributed by atoms with Gasteiger partial charge in [0.05, 0.1) is 13.1 Å². The van der Waals surface area contributed by atoms with Crippen molar-refractivity contribution in [2.45, 2.75) is 239 Å². The number of imidazole rings is 1. The van der Waals surface area contributed by atoms with Crippen LogP contribution in [-0.2, 0) is 19.5 Å². The van der Waals surface area contributed by atoms with Crippen LogP contribution in [0.2, 0.25) is 0 Å². The summed E-state index contributed by atoms with van der Waals surface area (Å²) >= 11 is 0. The molecule has 0 N–H and O–H groups in total. The maximum absolute atomic E-state index is 2.63. The molecule has 2 heteroatoms. The second-order valence-corrected chi connectivity index (χ2v) is 13.8. The van der Waals surface area contributed by atoms with E-state index in [1.54, 1.807) is 5.82 Å². The van der Waals surface area contributed by atoms with E-state index in [2.05, 4.69) is 42.3 Å². The molecule has 1 heterocycles. The van der Waals surface area contributed by atoms with E-state index in [9.17, 15) is 0 Å². The molecule has 0 unspecified atom stereocenters. The third kappa shape index (κ3) is 23.6. The molecule has 0 aliphatic heterocycles. The number of hydrogen-bond donors (Lipinski definition) is 0. The van der Waals surface area contributed by atoms with Crippen LogP contribution in [0, 0.1) is 0 Å². The van der Waals surface area contributed by atoms with Gasteiger partial charge in [0, 0.05) is 6.42 Å². The van der Waals surface area contributed by atoms with Crippen molar-refractivity contribution < 1.29 is 4.57 Å². The number of rotatable bonds is 34. The Bertz CT molecular complexity index is 648. The van der Waals surface area contributed by atoms with E-state index in [-0.39, 0.29) is 0 Å². The van der Waals surface area contributed by atoms with E-state index >= 15 is 0 Å². The second-order valence-electron chi connectivity index (χ2n) is 13.8. The van der Waals surface area contributed by atoms with Gasteiger partial charge in [0.1, 0.15) is 12.4 Å². The fourth-order valence-electron chi connectivity index (χ4n) is 6.68. The lowest BCUT2D eigenvalue weighted by molar-refractivity contribution is -0.704. The fraction of sp³-hybridized carbons (Fsp3) is 0.925. The van der Waals surface area contributed by atoms with Crippen molar-refractivity contribution in [2.24, 2.45) is 0 Å². The lowest BCUT2D eigenvalue weighted by atomic mass is 10.0. The summed E-state index contributed by atoms with van der Waals surface area (Å²) in [4.78, 5) is 0. The molecule has 1 rings (SSSR count). The van der Waals surface area contributed by atoms with Gasteiger partial charge in [-0.3, -0.25) is 0 Å². The van der Waals surface area contributed by atoms with Gasteiger partial charge in [-0.05, 0) is 32.1 Å². The number of aromatic nitrogens is 2. The molecular weight excluding hydrogens is 508 g/mol. The SMILES string of the molecule is CCCCCCCCCCCCCCCCC[n+]1ccn(CCCCCCCCC)c1CCCCCCCCCCC. The zero-order chi connectivity index (χ0) is 30.2. The van der Waals surface area contributed by atoms with E-state index in [0.29, 0.717) is 0 Å². The molecule has 0 atom stereocenters. The van der Waals surface area contributed by atoms with Crippen LogP contribution in [0.4, 0.5) is 0 Å². The monoisotopic (exact) mass is 588 g/mol. The number of nitrogens with zero attached hydrogens (tertiary/aromatic N) is 2. The van der Waals surface area contributed by atoms with Gasteiger partial charge in [-0.2, -0.15) is 0 Å². The van der Waals surface area contributed by atoms with Crippen LogP contribution in [0.25, 0.3) is 0 Å². The van der Waals surface area contributed by atoms with Gasteiger partial charge in [0.2, 0.25) is 0 Å². The minimum atomic E-state index is 1.23. The summed E-state index contributed by atoms with van der Waals surface area (Å²) in [7, 11) is 0. The van der Waals surface area contributed by atoms with Crippen LogP contribution in [0.1, 0.15) is 226 Å². The van der Waals surface area contributed by atoms with E-state index in [4.69, 9.17) is 0 Å². The van der Waals surface area contributed by atoms with Crippen molar-refractivity contribution in [3.8, 4) is 0 Å². The van der Waals surface area contributed by atoms with E-state index in [0.717, 1.165) is 0 Å². The molecule has 1 aromatic rings. The summed E-state index contributed by atoms with van der Waals surface area (Å²) in [6, 6.07) is 0. The molecule has 42 heavy (non-hydrogen) atoms. The van der Waals surface area contributed by atoms with Gasteiger partial charge in [0.25, 0.3) is 5.82 Å². The van der Waals surface area contributed by atoms with Gasteiger partial charge in [0.15, 0.2) is 0 Å². The van der Waals surface area contributed by atoms with Crippen molar-refractivity contribution in [3.05, 3.63) is 18.2 Å². The van der Waals surface area contributed by atoms with Gasteiger partial charge >= 0.3 is 0 Å². The number of aryl methyl sites for hydroxylation is 2. The highest BCUT2D eigenvalue weighted by Crippen LogP contribution is 2.15. The van der Waals surface area contributed by atoms with Crippen LogP contribution in [0.5, 0.6) is 0 Å².